The minimum absolute atomic E-state index is 0.129. The fourth-order valence-corrected chi connectivity index (χ4v) is 0.925. The van der Waals surface area contributed by atoms with Gasteiger partial charge in [0, 0.05) is 0 Å². The molecule has 0 saturated heterocycles. The Kier molecular flexibility index (Phi) is 3.89. The van der Waals surface area contributed by atoms with Crippen LogP contribution in [0.15, 0.2) is 0 Å². The molecule has 0 aromatic rings. The Morgan fingerprint density at radius 2 is 1.91 bits per heavy atom. The Morgan fingerprint density at radius 3 is 2.00 bits per heavy atom. The minimum Gasteiger partial charge on any atom is -0.465 e. The Morgan fingerprint density at radius 1 is 1.45 bits per heavy atom. The molecule has 0 fully saturated rings. The lowest BCUT2D eigenvalue weighted by Crippen LogP contribution is -2.41. The Labute approximate surface area is 69.5 Å². The highest BCUT2D eigenvalue weighted by atomic mass is 35.5. The molecule has 0 aliphatic heterocycles. The summed E-state index contributed by atoms with van der Waals surface area (Å²) in [5, 5.41) is 9.60. The van der Waals surface area contributed by atoms with Gasteiger partial charge >= 0.3 is 6.09 Å². The average molecular weight is 180 g/mol. The first kappa shape index (κ1) is 10.2. The molecule has 64 valence electrons. The highest BCUT2D eigenvalue weighted by Crippen LogP contribution is 2.04. The van der Waals surface area contributed by atoms with Gasteiger partial charge in [-0.1, -0.05) is 13.8 Å². The summed E-state index contributed by atoms with van der Waals surface area (Å²) in [4.78, 5) is 20.7. The van der Waals surface area contributed by atoms with Gasteiger partial charge in [-0.25, -0.2) is 4.79 Å². The molecule has 0 aliphatic rings. The summed E-state index contributed by atoms with van der Waals surface area (Å²) in [5.41, 5.74) is 0. The molecule has 4 nitrogen and oxygen atoms in total. The third-order valence-corrected chi connectivity index (χ3v) is 1.43. The van der Waals surface area contributed by atoms with E-state index < -0.39 is 17.4 Å². The molecule has 0 heterocycles. The summed E-state index contributed by atoms with van der Waals surface area (Å²) < 4.78 is 0. The van der Waals surface area contributed by atoms with Crippen LogP contribution in [0.3, 0.4) is 0 Å². The lowest BCUT2D eigenvalue weighted by atomic mass is 10.1. The molecular formula is C6H10ClNO3. The van der Waals surface area contributed by atoms with E-state index in [-0.39, 0.29) is 5.92 Å². The first-order valence-electron chi connectivity index (χ1n) is 3.14. The van der Waals surface area contributed by atoms with Gasteiger partial charge in [0.15, 0.2) is 0 Å². The van der Waals surface area contributed by atoms with Gasteiger partial charge in [0.05, 0.1) is 0 Å². The van der Waals surface area contributed by atoms with E-state index in [1.54, 1.807) is 13.8 Å². The summed E-state index contributed by atoms with van der Waals surface area (Å²) in [6, 6.07) is -0.811. The number of hydrogen-bond donors (Lipinski definition) is 2. The van der Waals surface area contributed by atoms with Gasteiger partial charge in [0.2, 0.25) is 5.24 Å². The van der Waals surface area contributed by atoms with Crippen molar-refractivity contribution >= 4 is 22.9 Å². The number of halogens is 1. The molecule has 2 N–H and O–H groups in total. The van der Waals surface area contributed by atoms with E-state index in [0.29, 0.717) is 0 Å². The van der Waals surface area contributed by atoms with Crippen LogP contribution in [0.4, 0.5) is 4.79 Å². The summed E-state index contributed by atoms with van der Waals surface area (Å²) in [5.74, 6) is -0.129. The molecule has 5 heteroatoms. The van der Waals surface area contributed by atoms with E-state index in [4.69, 9.17) is 16.7 Å². The van der Waals surface area contributed by atoms with Crippen LogP contribution in [0, 0.1) is 5.92 Å². The number of carbonyl (C=O) groups is 2. The van der Waals surface area contributed by atoms with Crippen molar-refractivity contribution in [3.8, 4) is 0 Å². The number of carboxylic acid groups (broad SMARTS) is 1. The summed E-state index contributed by atoms with van der Waals surface area (Å²) >= 11 is 5.12. The molecule has 0 aromatic heterocycles. The van der Waals surface area contributed by atoms with Crippen molar-refractivity contribution in [3.05, 3.63) is 0 Å². The third-order valence-electron chi connectivity index (χ3n) is 1.19. The van der Waals surface area contributed by atoms with Gasteiger partial charge in [0.25, 0.3) is 0 Å². The zero-order valence-electron chi connectivity index (χ0n) is 6.30. The second-order valence-corrected chi connectivity index (χ2v) is 2.85. The average Bonchev–Trinajstić information content (AvgIpc) is 1.81. The van der Waals surface area contributed by atoms with Crippen LogP contribution < -0.4 is 5.32 Å². The molecule has 11 heavy (non-hydrogen) atoms. The van der Waals surface area contributed by atoms with Gasteiger partial charge < -0.3 is 10.4 Å². The standard InChI is InChI=1S/C6H10ClNO3/c1-3(2)4(5(7)9)8-6(10)11/h3-4,8H,1-2H3,(H,10,11). The first-order chi connectivity index (χ1) is 4.95. The molecule has 0 bridgehead atoms. The van der Waals surface area contributed by atoms with Crippen LogP contribution in [0.25, 0.3) is 0 Å². The third kappa shape index (κ3) is 3.83. The smallest absolute Gasteiger partial charge is 0.405 e. The number of hydrogen-bond acceptors (Lipinski definition) is 2. The van der Waals surface area contributed by atoms with Crippen LogP contribution in [0.1, 0.15) is 13.8 Å². The van der Waals surface area contributed by atoms with Gasteiger partial charge in [-0.3, -0.25) is 4.79 Å². The molecule has 0 aliphatic carbocycles. The zero-order valence-corrected chi connectivity index (χ0v) is 7.05. The molecular weight excluding hydrogens is 170 g/mol. The van der Waals surface area contributed by atoms with Gasteiger partial charge in [0.1, 0.15) is 6.04 Å². The molecule has 0 saturated carbocycles. The maximum Gasteiger partial charge on any atom is 0.405 e. The molecule has 0 aromatic carbocycles. The Bertz CT molecular complexity index is 169. The molecule has 0 rings (SSSR count). The second-order valence-electron chi connectivity index (χ2n) is 2.48. The van der Waals surface area contributed by atoms with Crippen LogP contribution in [0.5, 0.6) is 0 Å². The van der Waals surface area contributed by atoms with Crippen LogP contribution in [-0.4, -0.2) is 22.5 Å². The van der Waals surface area contributed by atoms with Gasteiger partial charge in [-0.15, -0.1) is 0 Å². The van der Waals surface area contributed by atoms with Crippen LogP contribution >= 0.6 is 11.6 Å². The minimum atomic E-state index is -1.24. The topological polar surface area (TPSA) is 66.4 Å². The van der Waals surface area contributed by atoms with Crippen molar-refractivity contribution in [2.24, 2.45) is 5.92 Å². The summed E-state index contributed by atoms with van der Waals surface area (Å²) in [6.07, 6.45) is -1.24. The second kappa shape index (κ2) is 4.18. The van der Waals surface area contributed by atoms with Crippen molar-refractivity contribution < 1.29 is 14.7 Å². The van der Waals surface area contributed by atoms with Crippen LogP contribution in [-0.2, 0) is 4.79 Å². The highest BCUT2D eigenvalue weighted by Gasteiger charge is 2.21. The van der Waals surface area contributed by atoms with Crippen molar-refractivity contribution in [2.75, 3.05) is 0 Å². The Balaban J connectivity index is 4.12. The number of nitrogens with one attached hydrogen (secondary N) is 1. The molecule has 1 unspecified atom stereocenters. The van der Waals surface area contributed by atoms with Crippen LogP contribution in [0.2, 0.25) is 0 Å². The quantitative estimate of drug-likeness (QED) is 0.637. The van der Waals surface area contributed by atoms with E-state index in [9.17, 15) is 9.59 Å². The highest BCUT2D eigenvalue weighted by molar-refractivity contribution is 6.64. The first-order valence-corrected chi connectivity index (χ1v) is 3.51. The fraction of sp³-hybridized carbons (Fsp3) is 0.667. The zero-order chi connectivity index (χ0) is 9.02. The maximum absolute atomic E-state index is 10.6. The largest absolute Gasteiger partial charge is 0.465 e. The Hall–Kier alpha value is -0.770. The molecule has 1 atom stereocenters. The normalized spacial score (nSPS) is 12.7. The van der Waals surface area contributed by atoms with E-state index in [2.05, 4.69) is 0 Å². The summed E-state index contributed by atoms with van der Waals surface area (Å²) in [7, 11) is 0. The number of amides is 1. The monoisotopic (exact) mass is 179 g/mol. The number of carbonyl (C=O) groups excluding carboxylic acids is 1. The van der Waals surface area contributed by atoms with Crippen molar-refractivity contribution in [1.29, 1.82) is 0 Å². The molecule has 1 amide bonds. The van der Waals surface area contributed by atoms with E-state index in [0.717, 1.165) is 0 Å². The van der Waals surface area contributed by atoms with Crippen molar-refractivity contribution in [1.82, 2.24) is 5.32 Å². The molecule has 0 spiro atoms. The predicted molar refractivity (Wildman–Crippen MR) is 40.6 cm³/mol. The molecule has 0 radical (unpaired) electrons. The number of rotatable bonds is 3. The van der Waals surface area contributed by atoms with E-state index >= 15 is 0 Å². The lowest BCUT2D eigenvalue weighted by Gasteiger charge is -2.15. The van der Waals surface area contributed by atoms with Gasteiger partial charge in [-0.2, -0.15) is 0 Å². The van der Waals surface area contributed by atoms with E-state index in [1.807, 2.05) is 5.32 Å². The van der Waals surface area contributed by atoms with Gasteiger partial charge in [-0.05, 0) is 17.5 Å². The SMILES string of the molecule is CC(C)C(NC(=O)O)C(=O)Cl. The van der Waals surface area contributed by atoms with Crippen molar-refractivity contribution in [3.63, 3.8) is 0 Å². The fourth-order valence-electron chi connectivity index (χ4n) is 0.619. The lowest BCUT2D eigenvalue weighted by molar-refractivity contribution is -0.114. The van der Waals surface area contributed by atoms with Crippen molar-refractivity contribution in [2.45, 2.75) is 19.9 Å². The maximum atomic E-state index is 10.6. The van der Waals surface area contributed by atoms with E-state index in [1.165, 1.54) is 0 Å². The predicted octanol–water partition coefficient (Wildman–Crippen LogP) is 1.04. The summed E-state index contributed by atoms with van der Waals surface area (Å²) in [6.45, 7) is 3.42.